The van der Waals surface area contributed by atoms with Gasteiger partial charge >= 0.3 is 5.97 Å². The Morgan fingerprint density at radius 1 is 0.917 bits per heavy atom. The Kier molecular flexibility index (Phi) is 8.07. The van der Waals surface area contributed by atoms with Gasteiger partial charge in [-0.05, 0) is 103 Å². The van der Waals surface area contributed by atoms with E-state index in [4.69, 9.17) is 4.74 Å². The van der Waals surface area contributed by atoms with Crippen LogP contribution < -0.4 is 10.1 Å². The number of carbonyl (C=O) groups is 1. The summed E-state index contributed by atoms with van der Waals surface area (Å²) in [6.45, 7) is 9.07. The molecule has 4 aromatic carbocycles. The molecule has 4 heteroatoms. The summed E-state index contributed by atoms with van der Waals surface area (Å²) in [6, 6.07) is 27.9. The van der Waals surface area contributed by atoms with Crippen molar-refractivity contribution in [1.29, 1.82) is 0 Å². The molecular formula is C32H35NO3. The fraction of sp³-hybridized carbons (Fsp3) is 0.281. The highest BCUT2D eigenvalue weighted by molar-refractivity contribution is 5.97. The Morgan fingerprint density at radius 3 is 2.47 bits per heavy atom. The summed E-state index contributed by atoms with van der Waals surface area (Å²) in [6.07, 6.45) is 0.664. The summed E-state index contributed by atoms with van der Waals surface area (Å²) in [5.41, 5.74) is 6.89. The Bertz CT molecular complexity index is 1360. The highest BCUT2D eigenvalue weighted by atomic mass is 16.5. The quantitative estimate of drug-likeness (QED) is 0.244. The van der Waals surface area contributed by atoms with E-state index in [0.717, 1.165) is 22.4 Å². The predicted molar refractivity (Wildman–Crippen MR) is 148 cm³/mol. The molecule has 0 heterocycles. The van der Waals surface area contributed by atoms with Gasteiger partial charge in [-0.25, -0.2) is 0 Å². The van der Waals surface area contributed by atoms with Crippen LogP contribution in [0.2, 0.25) is 0 Å². The molecule has 2 N–H and O–H groups in total. The van der Waals surface area contributed by atoms with E-state index in [2.05, 4.69) is 85.9 Å². The van der Waals surface area contributed by atoms with Gasteiger partial charge < -0.3 is 15.2 Å². The van der Waals surface area contributed by atoms with Crippen LogP contribution in [0.3, 0.4) is 0 Å². The first-order chi connectivity index (χ1) is 17.4. The molecule has 0 aromatic heterocycles. The number of hydrogen-bond donors (Lipinski definition) is 2. The Hall–Kier alpha value is -3.63. The maximum absolute atomic E-state index is 11.2. The summed E-state index contributed by atoms with van der Waals surface area (Å²) in [4.78, 5) is 11.2. The molecule has 0 aliphatic carbocycles. The van der Waals surface area contributed by atoms with E-state index < -0.39 is 5.97 Å². The fourth-order valence-electron chi connectivity index (χ4n) is 4.78. The molecule has 0 amide bonds. The third-order valence-electron chi connectivity index (χ3n) is 6.82. The average molecular weight is 482 g/mol. The van der Waals surface area contributed by atoms with Gasteiger partial charge in [-0.1, -0.05) is 54.6 Å². The lowest BCUT2D eigenvalue weighted by Crippen LogP contribution is -2.22. The van der Waals surface area contributed by atoms with Gasteiger partial charge in [-0.15, -0.1) is 0 Å². The lowest BCUT2D eigenvalue weighted by atomic mass is 9.91. The zero-order valence-corrected chi connectivity index (χ0v) is 21.5. The number of carboxylic acid groups (broad SMARTS) is 1. The van der Waals surface area contributed by atoms with Gasteiger partial charge in [-0.3, -0.25) is 4.79 Å². The third kappa shape index (κ3) is 5.95. The lowest BCUT2D eigenvalue weighted by Gasteiger charge is -2.23. The SMILES string of the molecule is CCOc1cccc([C@@H](C)NC(C)c2cc(-c3ccc(C)c(CCC(=O)O)c3)c3ccccc3c2)c1. The largest absolute Gasteiger partial charge is 0.494 e. The lowest BCUT2D eigenvalue weighted by molar-refractivity contribution is -0.136. The molecule has 4 nitrogen and oxygen atoms in total. The molecule has 0 saturated heterocycles. The van der Waals surface area contributed by atoms with Gasteiger partial charge in [-0.2, -0.15) is 0 Å². The maximum atomic E-state index is 11.2. The number of carboxylic acids is 1. The molecule has 0 bridgehead atoms. The van der Waals surface area contributed by atoms with E-state index >= 15 is 0 Å². The average Bonchev–Trinajstić information content (AvgIpc) is 2.88. The van der Waals surface area contributed by atoms with Gasteiger partial charge in [0.05, 0.1) is 6.61 Å². The number of aryl methyl sites for hydroxylation is 2. The van der Waals surface area contributed by atoms with Crippen molar-refractivity contribution in [3.8, 4) is 16.9 Å². The van der Waals surface area contributed by atoms with Gasteiger partial charge in [0, 0.05) is 18.5 Å². The minimum absolute atomic E-state index is 0.121. The highest BCUT2D eigenvalue weighted by Crippen LogP contribution is 2.34. The first-order valence-corrected chi connectivity index (χ1v) is 12.7. The van der Waals surface area contributed by atoms with Crippen LogP contribution in [-0.2, 0) is 11.2 Å². The van der Waals surface area contributed by atoms with Gasteiger partial charge in [0.25, 0.3) is 0 Å². The zero-order chi connectivity index (χ0) is 25.7. The summed E-state index contributed by atoms with van der Waals surface area (Å²) in [5, 5.41) is 15.3. The van der Waals surface area contributed by atoms with Crippen LogP contribution in [-0.4, -0.2) is 17.7 Å². The summed E-state index contributed by atoms with van der Waals surface area (Å²) >= 11 is 0. The second kappa shape index (κ2) is 11.4. The van der Waals surface area contributed by atoms with Crippen LogP contribution in [0, 0.1) is 6.92 Å². The van der Waals surface area contributed by atoms with Crippen molar-refractivity contribution in [2.45, 2.75) is 52.6 Å². The monoisotopic (exact) mass is 481 g/mol. The molecule has 0 spiro atoms. The molecule has 4 aromatic rings. The van der Waals surface area contributed by atoms with Crippen molar-refractivity contribution in [2.75, 3.05) is 6.61 Å². The molecule has 0 saturated carbocycles. The van der Waals surface area contributed by atoms with Crippen LogP contribution in [0.1, 0.15) is 61.5 Å². The first kappa shape index (κ1) is 25.5. The maximum Gasteiger partial charge on any atom is 0.303 e. The van der Waals surface area contributed by atoms with Gasteiger partial charge in [0.1, 0.15) is 5.75 Å². The molecule has 1 unspecified atom stereocenters. The molecule has 186 valence electrons. The minimum Gasteiger partial charge on any atom is -0.494 e. The number of hydrogen-bond acceptors (Lipinski definition) is 3. The van der Waals surface area contributed by atoms with E-state index in [-0.39, 0.29) is 18.5 Å². The van der Waals surface area contributed by atoms with Crippen molar-refractivity contribution in [1.82, 2.24) is 5.32 Å². The van der Waals surface area contributed by atoms with Crippen molar-refractivity contribution in [3.05, 3.63) is 101 Å². The second-order valence-electron chi connectivity index (χ2n) is 9.44. The van der Waals surface area contributed by atoms with E-state index in [0.29, 0.717) is 13.0 Å². The number of aliphatic carboxylic acids is 1. The Labute approximate surface area is 213 Å². The normalized spacial score (nSPS) is 12.9. The highest BCUT2D eigenvalue weighted by Gasteiger charge is 2.15. The smallest absolute Gasteiger partial charge is 0.303 e. The topological polar surface area (TPSA) is 58.6 Å². The van der Waals surface area contributed by atoms with Crippen molar-refractivity contribution < 1.29 is 14.6 Å². The summed E-state index contributed by atoms with van der Waals surface area (Å²) < 4.78 is 5.69. The second-order valence-corrected chi connectivity index (χ2v) is 9.44. The summed E-state index contributed by atoms with van der Waals surface area (Å²) in [7, 11) is 0. The van der Waals surface area contributed by atoms with Crippen molar-refractivity contribution in [2.24, 2.45) is 0 Å². The Balaban J connectivity index is 1.67. The van der Waals surface area contributed by atoms with Gasteiger partial charge in [0.15, 0.2) is 0 Å². The molecule has 0 aliphatic rings. The molecule has 4 rings (SSSR count). The number of rotatable bonds is 10. The number of fused-ring (bicyclic) bond motifs is 1. The van der Waals surface area contributed by atoms with E-state index in [1.165, 1.54) is 27.5 Å². The minimum atomic E-state index is -0.770. The molecule has 0 radical (unpaired) electrons. The summed E-state index contributed by atoms with van der Waals surface area (Å²) in [5.74, 6) is 0.121. The Morgan fingerprint density at radius 2 is 1.69 bits per heavy atom. The number of benzene rings is 4. The fourth-order valence-corrected chi connectivity index (χ4v) is 4.78. The zero-order valence-electron chi connectivity index (χ0n) is 21.5. The van der Waals surface area contributed by atoms with Crippen molar-refractivity contribution in [3.63, 3.8) is 0 Å². The van der Waals surface area contributed by atoms with Crippen LogP contribution in [0.25, 0.3) is 21.9 Å². The van der Waals surface area contributed by atoms with E-state index in [1.807, 2.05) is 26.0 Å². The van der Waals surface area contributed by atoms with Crippen molar-refractivity contribution >= 4 is 16.7 Å². The van der Waals surface area contributed by atoms with Gasteiger partial charge in [0.2, 0.25) is 0 Å². The number of ether oxygens (including phenoxy) is 1. The third-order valence-corrected chi connectivity index (χ3v) is 6.82. The standard InChI is InChI=1S/C32H35NO3/c1-5-36-29-11-8-10-25(19-29)22(3)33-23(4)28-18-26-9-6-7-12-30(26)31(20-28)27-14-13-21(2)24(17-27)15-16-32(34)35/h6-14,17-20,22-23,33H,5,15-16H2,1-4H3,(H,34,35)/t22-,23?/m1/s1. The van der Waals surface area contributed by atoms with E-state index in [1.54, 1.807) is 0 Å². The van der Waals surface area contributed by atoms with E-state index in [9.17, 15) is 9.90 Å². The molecular weight excluding hydrogens is 446 g/mol. The van der Waals surface area contributed by atoms with Crippen LogP contribution >= 0.6 is 0 Å². The van der Waals surface area contributed by atoms with Crippen LogP contribution in [0.4, 0.5) is 0 Å². The molecule has 36 heavy (non-hydrogen) atoms. The number of nitrogens with one attached hydrogen (secondary N) is 1. The molecule has 0 aliphatic heterocycles. The first-order valence-electron chi connectivity index (χ1n) is 12.7. The van der Waals surface area contributed by atoms with Crippen LogP contribution in [0.15, 0.2) is 78.9 Å². The van der Waals surface area contributed by atoms with Crippen LogP contribution in [0.5, 0.6) is 5.75 Å². The molecule has 0 fully saturated rings. The molecule has 2 atom stereocenters. The predicted octanol–water partition coefficient (Wildman–Crippen LogP) is 7.64.